The van der Waals surface area contributed by atoms with Gasteiger partial charge in [-0.05, 0) is 69.7 Å². The van der Waals surface area contributed by atoms with E-state index in [1.54, 1.807) is 13.1 Å². The number of aromatic amines is 1. The maximum absolute atomic E-state index is 14.4. The number of H-pyrrole nitrogens is 1. The smallest absolute Gasteiger partial charge is 0.243 e. The number of amides is 6. The number of benzene rings is 2. The first-order chi connectivity index (χ1) is 31.0. The first kappa shape index (κ1) is 53.0. The van der Waals surface area contributed by atoms with Crippen molar-refractivity contribution in [3.05, 3.63) is 71.9 Å². The third-order valence-electron chi connectivity index (χ3n) is 10.9. The summed E-state index contributed by atoms with van der Waals surface area (Å²) in [4.78, 5) is 98.9. The zero-order valence-corrected chi connectivity index (χ0v) is 37.9. The molecule has 20 heteroatoms. The zero-order valence-electron chi connectivity index (χ0n) is 37.9. The van der Waals surface area contributed by atoms with Gasteiger partial charge in [0, 0.05) is 56.1 Å². The molecule has 356 valence electrons. The maximum atomic E-state index is 14.4. The van der Waals surface area contributed by atoms with Crippen LogP contribution in [-0.2, 0) is 46.4 Å². The van der Waals surface area contributed by atoms with Gasteiger partial charge in [0.2, 0.25) is 35.4 Å². The monoisotopic (exact) mass is 904 g/mol. The van der Waals surface area contributed by atoms with Crippen LogP contribution in [0.25, 0.3) is 10.9 Å². The van der Waals surface area contributed by atoms with Crippen LogP contribution in [0, 0.1) is 0 Å². The van der Waals surface area contributed by atoms with E-state index in [-0.39, 0.29) is 63.7 Å². The van der Waals surface area contributed by atoms with Crippen LogP contribution in [0.1, 0.15) is 77.3 Å². The Morgan fingerprint density at radius 3 is 2.11 bits per heavy atom. The van der Waals surface area contributed by atoms with Crippen molar-refractivity contribution >= 4 is 58.6 Å². The van der Waals surface area contributed by atoms with Crippen molar-refractivity contribution in [2.45, 2.75) is 121 Å². The number of nitrogens with two attached hydrogens (primary N) is 4. The Kier molecular flexibility index (Phi) is 22.0. The number of unbranched alkanes of at least 4 members (excludes halogenated alkanes) is 1. The number of aromatic nitrogens is 1. The van der Waals surface area contributed by atoms with Gasteiger partial charge < -0.3 is 69.9 Å². The molecule has 0 aliphatic rings. The Hall–Kier alpha value is -6.38. The SMILES string of the molecule is CCCCC(NC(C)=O)C(=O)NC(C)C(=O)NC(CCN)CNC(Cc1ccccc1)C(=O)NC(C=O)(CCCN=C(N)N)CNC(C)C(=O)NC(Cc1c[nH]c2ccccc12)C(N)=O. The molecule has 0 saturated heterocycles. The van der Waals surface area contributed by atoms with Crippen molar-refractivity contribution in [1.29, 1.82) is 0 Å². The summed E-state index contributed by atoms with van der Waals surface area (Å²) >= 11 is 0. The quantitative estimate of drug-likeness (QED) is 0.0166. The van der Waals surface area contributed by atoms with E-state index in [0.717, 1.165) is 28.5 Å². The Labute approximate surface area is 380 Å². The second kappa shape index (κ2) is 27.1. The topological polar surface area (TPSA) is 336 Å². The third-order valence-corrected chi connectivity index (χ3v) is 10.9. The molecule has 3 aromatic rings. The minimum Gasteiger partial charge on any atom is -0.370 e. The lowest BCUT2D eigenvalue weighted by Gasteiger charge is -2.33. The molecule has 7 atom stereocenters. The van der Waals surface area contributed by atoms with Gasteiger partial charge in [-0.3, -0.25) is 33.8 Å². The van der Waals surface area contributed by atoms with Crippen LogP contribution < -0.4 is 60.2 Å². The highest BCUT2D eigenvalue weighted by Gasteiger charge is 2.35. The average molecular weight is 904 g/mol. The lowest BCUT2D eigenvalue weighted by atomic mass is 9.93. The van der Waals surface area contributed by atoms with E-state index in [4.69, 9.17) is 22.9 Å². The highest BCUT2D eigenvalue weighted by molar-refractivity contribution is 5.92. The van der Waals surface area contributed by atoms with Crippen LogP contribution in [0.2, 0.25) is 0 Å². The minimum absolute atomic E-state index is 0.0690. The summed E-state index contributed by atoms with van der Waals surface area (Å²) in [6.07, 6.45) is 5.27. The highest BCUT2D eigenvalue weighted by atomic mass is 16.2. The molecule has 0 aliphatic carbocycles. The van der Waals surface area contributed by atoms with Gasteiger partial charge in [-0.1, -0.05) is 68.3 Å². The van der Waals surface area contributed by atoms with Crippen LogP contribution in [0.4, 0.5) is 0 Å². The number of aliphatic imine (C=N–C) groups is 1. The number of nitrogens with zero attached hydrogens (tertiary/aromatic N) is 1. The molecule has 1 aromatic heterocycles. The number of hydrogen-bond acceptors (Lipinski definition) is 11. The summed E-state index contributed by atoms with van der Waals surface area (Å²) in [6.45, 7) is 6.59. The van der Waals surface area contributed by atoms with Gasteiger partial charge in [-0.2, -0.15) is 0 Å². The molecule has 0 fully saturated rings. The summed E-state index contributed by atoms with van der Waals surface area (Å²) in [6, 6.07) is 11.5. The minimum atomic E-state index is -1.57. The molecule has 0 spiro atoms. The van der Waals surface area contributed by atoms with E-state index in [0.29, 0.717) is 25.5 Å². The molecule has 0 aliphatic heterocycles. The molecule has 0 saturated carbocycles. The first-order valence-electron chi connectivity index (χ1n) is 22.1. The molecule has 1 heterocycles. The van der Waals surface area contributed by atoms with Gasteiger partial charge in [0.25, 0.3) is 0 Å². The van der Waals surface area contributed by atoms with Crippen molar-refractivity contribution in [1.82, 2.24) is 42.2 Å². The fraction of sp³-hybridized carbons (Fsp3) is 0.511. The molecule has 6 amide bonds. The standard InChI is InChI=1S/C45H69N13O7/c1-5-6-16-36(55-30(4)60)42(64)54-29(3)41(63)56-33(18-20-46)25-52-38(22-31-13-8-7-9-14-31)43(65)58-45(27-59,19-12-21-50-44(48)49)26-53-28(2)40(62)57-37(39(47)61)23-32-24-51-35-17-11-10-15-34(32)35/h7-11,13-15,17,24,27-29,33,36-38,51-53H,5-6,12,16,18-23,25-26,46H2,1-4H3,(H2,47,61)(H,54,64)(H,55,60)(H,56,63)(H,57,62)(H,58,65)(H4,48,49,50). The summed E-state index contributed by atoms with van der Waals surface area (Å²) in [5.41, 5.74) is 23.6. The molecule has 7 unspecified atom stereocenters. The number of carbonyl (C=O) groups excluding carboxylic acids is 7. The summed E-state index contributed by atoms with van der Waals surface area (Å²) in [5.74, 6) is -3.33. The Balaban J connectivity index is 1.78. The number of guanidine groups is 1. The lowest BCUT2D eigenvalue weighted by Crippen LogP contribution is -2.63. The van der Waals surface area contributed by atoms with Gasteiger partial charge in [0.15, 0.2) is 5.96 Å². The highest BCUT2D eigenvalue weighted by Crippen LogP contribution is 2.19. The molecule has 0 radical (unpaired) electrons. The van der Waals surface area contributed by atoms with E-state index in [1.165, 1.54) is 13.8 Å². The molecule has 65 heavy (non-hydrogen) atoms. The predicted molar refractivity (Wildman–Crippen MR) is 250 cm³/mol. The van der Waals surface area contributed by atoms with Crippen molar-refractivity contribution in [2.75, 3.05) is 26.2 Å². The largest absolute Gasteiger partial charge is 0.370 e. The number of primary amides is 1. The van der Waals surface area contributed by atoms with Crippen LogP contribution in [-0.4, -0.2) is 121 Å². The number of aldehydes is 1. The second-order valence-electron chi connectivity index (χ2n) is 16.4. The Bertz CT molecular complexity index is 2060. The van der Waals surface area contributed by atoms with E-state index in [1.807, 2.05) is 61.5 Å². The number of rotatable bonds is 30. The van der Waals surface area contributed by atoms with Crippen LogP contribution >= 0.6 is 0 Å². The van der Waals surface area contributed by atoms with Crippen molar-refractivity contribution in [2.24, 2.45) is 27.9 Å². The van der Waals surface area contributed by atoms with Gasteiger partial charge in [0.1, 0.15) is 30.0 Å². The Morgan fingerprint density at radius 2 is 1.46 bits per heavy atom. The van der Waals surface area contributed by atoms with Crippen LogP contribution in [0.3, 0.4) is 0 Å². The van der Waals surface area contributed by atoms with Crippen molar-refractivity contribution in [3.8, 4) is 0 Å². The molecule has 2 aromatic carbocycles. The third kappa shape index (κ3) is 18.0. The Morgan fingerprint density at radius 1 is 0.769 bits per heavy atom. The summed E-state index contributed by atoms with van der Waals surface area (Å²) < 4.78 is 0. The maximum Gasteiger partial charge on any atom is 0.243 e. The zero-order chi connectivity index (χ0) is 47.9. The molecule has 16 N–H and O–H groups in total. The van der Waals surface area contributed by atoms with E-state index < -0.39 is 71.3 Å². The van der Waals surface area contributed by atoms with Crippen LogP contribution in [0.15, 0.2) is 65.8 Å². The van der Waals surface area contributed by atoms with Crippen molar-refractivity contribution < 1.29 is 33.6 Å². The second-order valence-corrected chi connectivity index (χ2v) is 16.4. The van der Waals surface area contributed by atoms with E-state index >= 15 is 0 Å². The number of hydrogen-bond donors (Lipinski definition) is 12. The van der Waals surface area contributed by atoms with Crippen molar-refractivity contribution in [3.63, 3.8) is 0 Å². The molecular weight excluding hydrogens is 835 g/mol. The van der Waals surface area contributed by atoms with Gasteiger partial charge in [-0.25, -0.2) is 0 Å². The fourth-order valence-electron chi connectivity index (χ4n) is 7.17. The summed E-state index contributed by atoms with van der Waals surface area (Å²) in [5, 5.41) is 21.1. The van der Waals surface area contributed by atoms with Gasteiger partial charge in [0.05, 0.1) is 12.1 Å². The van der Waals surface area contributed by atoms with Gasteiger partial charge >= 0.3 is 0 Å². The van der Waals surface area contributed by atoms with Crippen LogP contribution in [0.5, 0.6) is 0 Å². The fourth-order valence-corrected chi connectivity index (χ4v) is 7.17. The molecule has 0 bridgehead atoms. The predicted octanol–water partition coefficient (Wildman–Crippen LogP) is -1.000. The number of nitrogens with one attached hydrogen (secondary N) is 8. The number of fused-ring (bicyclic) bond motifs is 1. The first-order valence-corrected chi connectivity index (χ1v) is 22.1. The number of carbonyl (C=O) groups is 7. The molecule has 3 rings (SSSR count). The normalized spacial score (nSPS) is 14.8. The lowest BCUT2D eigenvalue weighted by molar-refractivity contribution is -0.131. The molecule has 20 nitrogen and oxygen atoms in total. The van der Waals surface area contributed by atoms with E-state index in [9.17, 15) is 33.6 Å². The number of para-hydroxylation sites is 1. The van der Waals surface area contributed by atoms with E-state index in [2.05, 4.69) is 47.2 Å². The average Bonchev–Trinajstić information content (AvgIpc) is 3.69. The summed E-state index contributed by atoms with van der Waals surface area (Å²) in [7, 11) is 0. The molecular formula is C45H69N13O7. The van der Waals surface area contributed by atoms with Gasteiger partial charge in [-0.15, -0.1) is 0 Å².